The maximum Gasteiger partial charge on any atom is 0.164 e. The van der Waals surface area contributed by atoms with E-state index in [0.717, 1.165) is 77.6 Å². The minimum absolute atomic E-state index is 0.596. The highest BCUT2D eigenvalue weighted by atomic mass is 16.3. The molecule has 0 aliphatic rings. The van der Waals surface area contributed by atoms with Crippen LogP contribution in [0.1, 0.15) is 0 Å². The van der Waals surface area contributed by atoms with E-state index in [0.29, 0.717) is 17.5 Å². The van der Waals surface area contributed by atoms with Crippen LogP contribution in [-0.2, 0) is 0 Å². The highest BCUT2D eigenvalue weighted by Crippen LogP contribution is 2.40. The van der Waals surface area contributed by atoms with E-state index in [9.17, 15) is 0 Å². The lowest BCUT2D eigenvalue weighted by Gasteiger charge is -2.12. The molecule has 0 aliphatic carbocycles. The lowest BCUT2D eigenvalue weighted by Crippen LogP contribution is -2.00. The molecular formula is C51H32N4O. The van der Waals surface area contributed by atoms with E-state index < -0.39 is 0 Å². The van der Waals surface area contributed by atoms with E-state index in [1.54, 1.807) is 0 Å². The van der Waals surface area contributed by atoms with Crippen molar-refractivity contribution in [2.24, 2.45) is 0 Å². The van der Waals surface area contributed by atoms with Gasteiger partial charge in [0.2, 0.25) is 0 Å². The average molecular weight is 717 g/mol. The summed E-state index contributed by atoms with van der Waals surface area (Å²) in [5.74, 6) is 1.82. The highest BCUT2D eigenvalue weighted by molar-refractivity contribution is 6.17. The Kier molecular flexibility index (Phi) is 7.42. The number of hydrogen-bond donors (Lipinski definition) is 0. The van der Waals surface area contributed by atoms with Crippen LogP contribution in [0, 0.1) is 0 Å². The van der Waals surface area contributed by atoms with Crippen LogP contribution in [0.25, 0.3) is 106 Å². The lowest BCUT2D eigenvalue weighted by atomic mass is 9.96. The van der Waals surface area contributed by atoms with Gasteiger partial charge >= 0.3 is 0 Å². The van der Waals surface area contributed by atoms with E-state index >= 15 is 0 Å². The first-order valence-corrected chi connectivity index (χ1v) is 18.8. The van der Waals surface area contributed by atoms with Gasteiger partial charge in [-0.15, -0.1) is 0 Å². The van der Waals surface area contributed by atoms with Gasteiger partial charge in [0, 0.05) is 50.0 Å². The smallest absolute Gasteiger partial charge is 0.164 e. The number of furan rings is 1. The predicted molar refractivity (Wildman–Crippen MR) is 229 cm³/mol. The Morgan fingerprint density at radius 2 is 0.821 bits per heavy atom. The van der Waals surface area contributed by atoms with Crippen LogP contribution >= 0.6 is 0 Å². The summed E-state index contributed by atoms with van der Waals surface area (Å²) in [5, 5.41) is 4.43. The Balaban J connectivity index is 1.11. The molecule has 56 heavy (non-hydrogen) atoms. The SMILES string of the molecule is c1ccc(-c2cc(-c3ccccc3)cc(-c3nc(-c4ccccc4)nc(-c4ccc5oc6cc7c(cc6c5c4)c4ccccc4n7-c4ccccc4)n3)c2)cc1. The number of para-hydroxylation sites is 2. The third-order valence-electron chi connectivity index (χ3n) is 10.6. The first-order chi connectivity index (χ1) is 27.7. The zero-order valence-electron chi connectivity index (χ0n) is 30.2. The fourth-order valence-corrected chi connectivity index (χ4v) is 7.93. The van der Waals surface area contributed by atoms with E-state index in [1.807, 2.05) is 54.6 Å². The van der Waals surface area contributed by atoms with Gasteiger partial charge in [-0.25, -0.2) is 15.0 Å². The Bertz CT molecular complexity index is 3170. The minimum Gasteiger partial charge on any atom is -0.456 e. The van der Waals surface area contributed by atoms with Crippen LogP contribution in [0.3, 0.4) is 0 Å². The topological polar surface area (TPSA) is 56.7 Å². The molecule has 0 N–H and O–H groups in total. The van der Waals surface area contributed by atoms with Crippen molar-refractivity contribution in [3.63, 3.8) is 0 Å². The third-order valence-corrected chi connectivity index (χ3v) is 10.6. The first kappa shape index (κ1) is 31.9. The monoisotopic (exact) mass is 716 g/mol. The Hall–Kier alpha value is -7.63. The summed E-state index contributed by atoms with van der Waals surface area (Å²) in [6, 6.07) is 67.4. The van der Waals surface area contributed by atoms with Gasteiger partial charge in [-0.1, -0.05) is 127 Å². The minimum atomic E-state index is 0.596. The van der Waals surface area contributed by atoms with Gasteiger partial charge in [0.05, 0.1) is 11.0 Å². The summed E-state index contributed by atoms with van der Waals surface area (Å²) in [6.07, 6.45) is 0. The van der Waals surface area contributed by atoms with Crippen molar-refractivity contribution in [2.75, 3.05) is 0 Å². The molecule has 0 atom stereocenters. The Labute approximate surface area is 322 Å². The molecule has 262 valence electrons. The molecule has 5 heteroatoms. The molecule has 11 rings (SSSR count). The van der Waals surface area contributed by atoms with E-state index in [1.165, 1.54) is 10.8 Å². The van der Waals surface area contributed by atoms with Gasteiger partial charge in [-0.3, -0.25) is 0 Å². The molecule has 0 saturated carbocycles. The van der Waals surface area contributed by atoms with Crippen LogP contribution in [-0.4, -0.2) is 19.5 Å². The van der Waals surface area contributed by atoms with Gasteiger partial charge in [-0.2, -0.15) is 0 Å². The maximum absolute atomic E-state index is 6.57. The number of benzene rings is 8. The second kappa shape index (κ2) is 13.0. The average Bonchev–Trinajstić information content (AvgIpc) is 3.80. The lowest BCUT2D eigenvalue weighted by molar-refractivity contribution is 0.669. The van der Waals surface area contributed by atoms with Crippen LogP contribution in [0.15, 0.2) is 199 Å². The van der Waals surface area contributed by atoms with Crippen LogP contribution < -0.4 is 0 Å². The van der Waals surface area contributed by atoms with Crippen molar-refractivity contribution in [1.82, 2.24) is 19.5 Å². The molecule has 5 nitrogen and oxygen atoms in total. The summed E-state index contributed by atoms with van der Waals surface area (Å²) >= 11 is 0. The van der Waals surface area contributed by atoms with Gasteiger partial charge in [-0.05, 0) is 82.9 Å². The van der Waals surface area contributed by atoms with E-state index in [2.05, 4.69) is 144 Å². The molecule has 11 aromatic rings. The van der Waals surface area contributed by atoms with Crippen LogP contribution in [0.5, 0.6) is 0 Å². The summed E-state index contributed by atoms with van der Waals surface area (Å²) in [7, 11) is 0. The van der Waals surface area contributed by atoms with Gasteiger partial charge in [0.15, 0.2) is 17.5 Å². The van der Waals surface area contributed by atoms with Crippen molar-refractivity contribution in [2.45, 2.75) is 0 Å². The van der Waals surface area contributed by atoms with Crippen LogP contribution in [0.4, 0.5) is 0 Å². The largest absolute Gasteiger partial charge is 0.456 e. The second-order valence-corrected chi connectivity index (χ2v) is 14.1. The van der Waals surface area contributed by atoms with Gasteiger partial charge in [0.1, 0.15) is 11.2 Å². The van der Waals surface area contributed by atoms with E-state index in [-0.39, 0.29) is 0 Å². The second-order valence-electron chi connectivity index (χ2n) is 14.1. The maximum atomic E-state index is 6.57. The van der Waals surface area contributed by atoms with Crippen molar-refractivity contribution < 1.29 is 4.42 Å². The highest BCUT2D eigenvalue weighted by Gasteiger charge is 2.19. The zero-order valence-corrected chi connectivity index (χ0v) is 30.2. The van der Waals surface area contributed by atoms with Crippen LogP contribution in [0.2, 0.25) is 0 Å². The van der Waals surface area contributed by atoms with Gasteiger partial charge in [0.25, 0.3) is 0 Å². The molecule has 0 bridgehead atoms. The summed E-state index contributed by atoms with van der Waals surface area (Å²) < 4.78 is 8.88. The van der Waals surface area contributed by atoms with Crippen molar-refractivity contribution in [3.8, 4) is 62.1 Å². The van der Waals surface area contributed by atoms with E-state index in [4.69, 9.17) is 19.4 Å². The normalized spacial score (nSPS) is 11.6. The molecule has 8 aromatic carbocycles. The number of nitrogens with zero attached hydrogens (tertiary/aromatic N) is 4. The number of rotatable bonds is 6. The molecule has 0 radical (unpaired) electrons. The van der Waals surface area contributed by atoms with Gasteiger partial charge < -0.3 is 8.98 Å². The van der Waals surface area contributed by atoms with Crippen molar-refractivity contribution in [3.05, 3.63) is 194 Å². The Morgan fingerprint density at radius 3 is 1.48 bits per heavy atom. The standard InChI is InChI=1S/C51H32N4O/c1-5-15-33(16-6-1)37-27-38(34-17-7-2-8-18-34)29-39(28-37)51-53-49(35-19-9-3-10-20-35)52-50(54-51)36-25-26-47-43(30-36)44-31-42-41-23-13-14-24-45(41)55(40-21-11-4-12-22-40)46(42)32-48(44)56-47/h1-32H. The molecule has 0 saturated heterocycles. The van der Waals surface area contributed by atoms with Crippen molar-refractivity contribution in [1.29, 1.82) is 0 Å². The quantitative estimate of drug-likeness (QED) is 0.172. The molecular weight excluding hydrogens is 685 g/mol. The fourth-order valence-electron chi connectivity index (χ4n) is 7.93. The molecule has 0 fully saturated rings. The summed E-state index contributed by atoms with van der Waals surface area (Å²) in [6.45, 7) is 0. The predicted octanol–water partition coefficient (Wildman–Crippen LogP) is 13.2. The number of hydrogen-bond acceptors (Lipinski definition) is 4. The molecule has 3 aromatic heterocycles. The zero-order chi connectivity index (χ0) is 37.0. The third kappa shape index (κ3) is 5.45. The summed E-state index contributed by atoms with van der Waals surface area (Å²) in [5.41, 5.74) is 12.2. The molecule has 0 unspecified atom stereocenters. The molecule has 0 spiro atoms. The Morgan fingerprint density at radius 1 is 0.304 bits per heavy atom. The number of aromatic nitrogens is 4. The molecule has 3 heterocycles. The fraction of sp³-hybridized carbons (Fsp3) is 0. The van der Waals surface area contributed by atoms with Crippen molar-refractivity contribution >= 4 is 43.7 Å². The first-order valence-electron chi connectivity index (χ1n) is 18.8. The molecule has 0 amide bonds. The number of fused-ring (bicyclic) bond motifs is 6. The summed E-state index contributed by atoms with van der Waals surface area (Å²) in [4.78, 5) is 15.4. The molecule has 0 aliphatic heterocycles.